The number of halogens is 2. The lowest BCUT2D eigenvalue weighted by molar-refractivity contribution is 0.298. The maximum atomic E-state index is 13.7. The van der Waals surface area contributed by atoms with Crippen LogP contribution in [0.25, 0.3) is 0 Å². The molecule has 0 aliphatic carbocycles. The Hall–Kier alpha value is -0.450. The highest BCUT2D eigenvalue weighted by Gasteiger charge is 2.36. The fourth-order valence-corrected chi connectivity index (χ4v) is 3.56. The summed E-state index contributed by atoms with van der Waals surface area (Å²) in [4.78, 5) is 2.57. The average Bonchev–Trinajstić information content (AvgIpc) is 2.91. The molecule has 0 aromatic heterocycles. The highest BCUT2D eigenvalue weighted by molar-refractivity contribution is 9.10. The van der Waals surface area contributed by atoms with Crippen LogP contribution in [0.15, 0.2) is 22.7 Å². The molecule has 2 aliphatic heterocycles. The Morgan fingerprint density at radius 3 is 3.06 bits per heavy atom. The first-order valence-corrected chi connectivity index (χ1v) is 7.45. The number of nitrogens with zero attached hydrogens (tertiary/aromatic N) is 1. The van der Waals surface area contributed by atoms with Gasteiger partial charge in [-0.3, -0.25) is 4.90 Å². The van der Waals surface area contributed by atoms with E-state index in [2.05, 4.69) is 26.1 Å². The van der Waals surface area contributed by atoms with Crippen molar-refractivity contribution in [3.05, 3.63) is 34.1 Å². The summed E-state index contributed by atoms with van der Waals surface area (Å²) in [5.41, 5.74) is 0.759. The third-order valence-electron chi connectivity index (χ3n) is 4.18. The lowest BCUT2D eigenvalue weighted by Gasteiger charge is -2.21. The summed E-state index contributed by atoms with van der Waals surface area (Å²) >= 11 is 3.28. The smallest absolute Gasteiger partial charge is 0.128 e. The third kappa shape index (κ3) is 2.46. The molecule has 2 aliphatic rings. The molecule has 2 unspecified atom stereocenters. The summed E-state index contributed by atoms with van der Waals surface area (Å²) in [6, 6.07) is 6.51. The lowest BCUT2D eigenvalue weighted by atomic mass is 10.1. The minimum Gasteiger partial charge on any atom is -0.308 e. The molecule has 2 saturated heterocycles. The van der Waals surface area contributed by atoms with Gasteiger partial charge in [0.05, 0.1) is 0 Å². The van der Waals surface area contributed by atoms with Gasteiger partial charge in [0.25, 0.3) is 0 Å². The van der Waals surface area contributed by atoms with Crippen LogP contribution in [-0.4, -0.2) is 30.1 Å². The summed E-state index contributed by atoms with van der Waals surface area (Å²) in [5.74, 6) is -0.127. The van der Waals surface area contributed by atoms with Gasteiger partial charge in [-0.15, -0.1) is 0 Å². The summed E-state index contributed by atoms with van der Waals surface area (Å²) in [6.07, 6.45) is 3.80. The van der Waals surface area contributed by atoms with Gasteiger partial charge in [-0.25, -0.2) is 4.39 Å². The van der Waals surface area contributed by atoms with Crippen molar-refractivity contribution in [1.82, 2.24) is 10.2 Å². The van der Waals surface area contributed by atoms with Crippen molar-refractivity contribution >= 4 is 15.9 Å². The van der Waals surface area contributed by atoms with Crippen molar-refractivity contribution in [3.63, 3.8) is 0 Å². The third-order valence-corrected chi connectivity index (χ3v) is 4.67. The van der Waals surface area contributed by atoms with E-state index in [1.54, 1.807) is 0 Å². The van der Waals surface area contributed by atoms with Crippen LogP contribution in [0.2, 0.25) is 0 Å². The molecule has 0 saturated carbocycles. The zero-order chi connectivity index (χ0) is 12.5. The van der Waals surface area contributed by atoms with Crippen LogP contribution < -0.4 is 5.32 Å². The number of rotatable bonds is 3. The van der Waals surface area contributed by atoms with Crippen LogP contribution in [0.3, 0.4) is 0 Å². The van der Waals surface area contributed by atoms with Gasteiger partial charge in [-0.1, -0.05) is 22.0 Å². The molecule has 2 fully saturated rings. The number of benzene rings is 1. The van der Waals surface area contributed by atoms with Gasteiger partial charge in [0.2, 0.25) is 0 Å². The second-order valence-corrected chi connectivity index (χ2v) is 6.17. The van der Waals surface area contributed by atoms with Crippen LogP contribution in [0.4, 0.5) is 4.39 Å². The van der Waals surface area contributed by atoms with E-state index in [9.17, 15) is 4.39 Å². The van der Waals surface area contributed by atoms with E-state index in [0.717, 1.165) is 10.0 Å². The van der Waals surface area contributed by atoms with E-state index < -0.39 is 0 Å². The van der Waals surface area contributed by atoms with E-state index >= 15 is 0 Å². The van der Waals surface area contributed by atoms with Gasteiger partial charge in [0.1, 0.15) is 5.82 Å². The van der Waals surface area contributed by atoms with Crippen LogP contribution in [0.5, 0.6) is 0 Å². The monoisotopic (exact) mass is 312 g/mol. The average molecular weight is 313 g/mol. The highest BCUT2D eigenvalue weighted by Crippen LogP contribution is 2.28. The van der Waals surface area contributed by atoms with Crippen molar-refractivity contribution < 1.29 is 4.39 Å². The second kappa shape index (κ2) is 5.27. The molecule has 0 spiro atoms. The Bertz CT molecular complexity index is 438. The Labute approximate surface area is 116 Å². The highest BCUT2D eigenvalue weighted by atomic mass is 79.9. The molecular formula is C14H18BrFN2. The molecule has 0 bridgehead atoms. The van der Waals surface area contributed by atoms with Crippen LogP contribution >= 0.6 is 15.9 Å². The molecule has 2 heterocycles. The second-order valence-electron chi connectivity index (χ2n) is 5.26. The SMILES string of the molecule is Fc1cc(Br)ccc1CNC1CCN2CCCC12. The molecule has 1 N–H and O–H groups in total. The minimum absolute atomic E-state index is 0.127. The molecule has 4 heteroatoms. The number of nitrogens with one attached hydrogen (secondary N) is 1. The summed E-state index contributed by atoms with van der Waals surface area (Å²) in [5, 5.41) is 3.53. The zero-order valence-corrected chi connectivity index (χ0v) is 11.9. The number of fused-ring (bicyclic) bond motifs is 1. The van der Waals surface area contributed by atoms with E-state index in [1.807, 2.05) is 12.1 Å². The maximum absolute atomic E-state index is 13.7. The molecular weight excluding hydrogens is 295 g/mol. The van der Waals surface area contributed by atoms with Gasteiger partial charge >= 0.3 is 0 Å². The van der Waals surface area contributed by atoms with E-state index in [-0.39, 0.29) is 5.82 Å². The van der Waals surface area contributed by atoms with Gasteiger partial charge in [0.15, 0.2) is 0 Å². The van der Waals surface area contributed by atoms with Crippen molar-refractivity contribution in [2.24, 2.45) is 0 Å². The quantitative estimate of drug-likeness (QED) is 0.923. The number of hydrogen-bond donors (Lipinski definition) is 1. The minimum atomic E-state index is -0.127. The van der Waals surface area contributed by atoms with Gasteiger partial charge in [0, 0.05) is 35.2 Å². The van der Waals surface area contributed by atoms with Crippen LogP contribution in [-0.2, 0) is 6.54 Å². The standard InChI is InChI=1S/C14H18BrFN2/c15-11-4-3-10(12(16)8-11)9-17-13-5-7-18-6-1-2-14(13)18/h3-4,8,13-14,17H,1-2,5-7,9H2. The Morgan fingerprint density at radius 2 is 2.22 bits per heavy atom. The van der Waals surface area contributed by atoms with Crippen LogP contribution in [0, 0.1) is 5.82 Å². The predicted molar refractivity (Wildman–Crippen MR) is 73.9 cm³/mol. The molecule has 18 heavy (non-hydrogen) atoms. The normalized spacial score (nSPS) is 27.7. The van der Waals surface area contributed by atoms with Gasteiger partial charge in [-0.2, -0.15) is 0 Å². The maximum Gasteiger partial charge on any atom is 0.128 e. The summed E-state index contributed by atoms with van der Waals surface area (Å²) in [6.45, 7) is 3.08. The summed E-state index contributed by atoms with van der Waals surface area (Å²) < 4.78 is 14.5. The lowest BCUT2D eigenvalue weighted by Crippen LogP contribution is -2.38. The Morgan fingerprint density at radius 1 is 1.33 bits per heavy atom. The Kier molecular flexibility index (Phi) is 3.68. The first-order valence-electron chi connectivity index (χ1n) is 6.65. The fourth-order valence-electron chi connectivity index (χ4n) is 3.23. The largest absolute Gasteiger partial charge is 0.308 e. The molecule has 1 aromatic rings. The molecule has 0 radical (unpaired) electrons. The first kappa shape index (κ1) is 12.6. The molecule has 0 amide bonds. The first-order chi connectivity index (χ1) is 8.74. The van der Waals surface area contributed by atoms with Crippen molar-refractivity contribution in [2.45, 2.75) is 37.9 Å². The molecule has 98 valence electrons. The van der Waals surface area contributed by atoms with Crippen molar-refractivity contribution in [2.75, 3.05) is 13.1 Å². The topological polar surface area (TPSA) is 15.3 Å². The Balaban J connectivity index is 1.61. The number of hydrogen-bond acceptors (Lipinski definition) is 2. The summed E-state index contributed by atoms with van der Waals surface area (Å²) in [7, 11) is 0. The predicted octanol–water partition coefficient (Wildman–Crippen LogP) is 2.91. The van der Waals surface area contributed by atoms with Crippen molar-refractivity contribution in [1.29, 1.82) is 0 Å². The fraction of sp³-hybridized carbons (Fsp3) is 0.571. The molecule has 3 rings (SSSR count). The van der Waals surface area contributed by atoms with Crippen molar-refractivity contribution in [3.8, 4) is 0 Å². The van der Waals surface area contributed by atoms with E-state index in [0.29, 0.717) is 18.6 Å². The van der Waals surface area contributed by atoms with Crippen LogP contribution in [0.1, 0.15) is 24.8 Å². The molecule has 2 atom stereocenters. The molecule has 1 aromatic carbocycles. The van der Waals surface area contributed by atoms with Gasteiger partial charge < -0.3 is 5.32 Å². The molecule has 2 nitrogen and oxygen atoms in total. The zero-order valence-electron chi connectivity index (χ0n) is 10.3. The van der Waals surface area contributed by atoms with E-state index in [4.69, 9.17) is 0 Å². The van der Waals surface area contributed by atoms with Gasteiger partial charge in [-0.05, 0) is 37.9 Å². The van der Waals surface area contributed by atoms with E-state index in [1.165, 1.54) is 38.4 Å².